The molecule has 0 fully saturated rings. The van der Waals surface area contributed by atoms with Crippen LogP contribution in [-0.2, 0) is 11.2 Å². The number of carbonyl (C=O) groups excluding carboxylic acids is 2. The van der Waals surface area contributed by atoms with E-state index in [4.69, 9.17) is 17.3 Å². The second kappa shape index (κ2) is 8.34. The minimum Gasteiger partial charge on any atom is -0.368 e. The van der Waals surface area contributed by atoms with Gasteiger partial charge in [-0.1, -0.05) is 29.8 Å². The number of aromatic nitrogens is 3. The van der Waals surface area contributed by atoms with Crippen molar-refractivity contribution < 1.29 is 9.59 Å². The summed E-state index contributed by atoms with van der Waals surface area (Å²) in [4.78, 5) is 36.7. The van der Waals surface area contributed by atoms with Crippen molar-refractivity contribution in [3.05, 3.63) is 83.1 Å². The van der Waals surface area contributed by atoms with Crippen LogP contribution in [0.1, 0.15) is 15.9 Å². The fourth-order valence-electron chi connectivity index (χ4n) is 3.18. The molecule has 2 aromatic carbocycles. The van der Waals surface area contributed by atoms with Crippen LogP contribution in [-0.4, -0.2) is 32.8 Å². The Morgan fingerprint density at radius 1 is 1.07 bits per heavy atom. The third-order valence-corrected chi connectivity index (χ3v) is 4.96. The third-order valence-electron chi connectivity index (χ3n) is 4.71. The molecule has 4 aromatic rings. The number of primary amides is 1. The quantitative estimate of drug-likeness (QED) is 0.445. The fraction of sp³-hybridized carbons (Fsp3) is 0.0909. The van der Waals surface area contributed by atoms with Crippen molar-refractivity contribution in [2.75, 3.05) is 0 Å². The van der Waals surface area contributed by atoms with Crippen molar-refractivity contribution in [2.45, 2.75) is 12.5 Å². The highest BCUT2D eigenvalue weighted by molar-refractivity contribution is 6.30. The Labute approximate surface area is 177 Å². The Hall–Kier alpha value is -3.71. The number of amides is 2. The molecular weight excluding hydrogens is 402 g/mol. The van der Waals surface area contributed by atoms with E-state index in [-0.39, 0.29) is 6.42 Å². The first-order chi connectivity index (χ1) is 14.5. The molecule has 0 saturated carbocycles. The summed E-state index contributed by atoms with van der Waals surface area (Å²) in [6, 6.07) is 15.1. The molecule has 7 nitrogen and oxygen atoms in total. The third kappa shape index (κ3) is 4.16. The molecular formula is C22H18ClN5O2. The monoisotopic (exact) mass is 419 g/mol. The van der Waals surface area contributed by atoms with Gasteiger partial charge in [0.2, 0.25) is 5.91 Å². The minimum absolute atomic E-state index is 0.261. The Balaban J connectivity index is 1.60. The van der Waals surface area contributed by atoms with Gasteiger partial charge in [0.1, 0.15) is 17.4 Å². The number of hydrogen-bond donors (Lipinski definition) is 3. The van der Waals surface area contributed by atoms with Gasteiger partial charge in [-0.15, -0.1) is 0 Å². The number of nitrogens with two attached hydrogens (primary N) is 1. The molecule has 0 unspecified atom stereocenters. The number of imidazole rings is 1. The molecule has 0 aliphatic carbocycles. The molecule has 0 bridgehead atoms. The van der Waals surface area contributed by atoms with E-state index in [2.05, 4.69) is 20.3 Å². The van der Waals surface area contributed by atoms with Crippen LogP contribution in [0.5, 0.6) is 0 Å². The van der Waals surface area contributed by atoms with Crippen molar-refractivity contribution >= 4 is 34.4 Å². The lowest BCUT2D eigenvalue weighted by molar-refractivity contribution is -0.119. The molecule has 2 heterocycles. The molecule has 2 amide bonds. The first-order valence-corrected chi connectivity index (χ1v) is 9.63. The van der Waals surface area contributed by atoms with Gasteiger partial charge in [-0.25, -0.2) is 4.98 Å². The number of aromatic amines is 1. The van der Waals surface area contributed by atoms with Crippen LogP contribution in [0, 0.1) is 0 Å². The zero-order chi connectivity index (χ0) is 21.1. The first kappa shape index (κ1) is 19.6. The van der Waals surface area contributed by atoms with Crippen molar-refractivity contribution in [1.29, 1.82) is 0 Å². The number of halogens is 1. The lowest BCUT2D eigenvalue weighted by atomic mass is 10.0. The van der Waals surface area contributed by atoms with E-state index in [1.807, 2.05) is 18.2 Å². The van der Waals surface area contributed by atoms with Crippen molar-refractivity contribution in [3.8, 4) is 11.4 Å². The van der Waals surface area contributed by atoms with Gasteiger partial charge >= 0.3 is 0 Å². The van der Waals surface area contributed by atoms with E-state index in [0.717, 1.165) is 11.1 Å². The number of nitrogens with one attached hydrogen (secondary N) is 2. The smallest absolute Gasteiger partial charge is 0.254 e. The number of hydrogen-bond acceptors (Lipinski definition) is 4. The van der Waals surface area contributed by atoms with E-state index in [9.17, 15) is 9.59 Å². The molecule has 8 heteroatoms. The van der Waals surface area contributed by atoms with Crippen LogP contribution in [0.3, 0.4) is 0 Å². The molecule has 4 N–H and O–H groups in total. The molecule has 1 atom stereocenters. The Morgan fingerprint density at radius 2 is 1.80 bits per heavy atom. The van der Waals surface area contributed by atoms with Crippen molar-refractivity contribution in [1.82, 2.24) is 20.3 Å². The Morgan fingerprint density at radius 3 is 2.50 bits per heavy atom. The number of para-hydroxylation sites is 1. The van der Waals surface area contributed by atoms with E-state index in [0.29, 0.717) is 27.4 Å². The first-order valence-electron chi connectivity index (χ1n) is 9.25. The zero-order valence-electron chi connectivity index (χ0n) is 15.8. The number of benzene rings is 2. The highest BCUT2D eigenvalue weighted by atomic mass is 35.5. The number of H-pyrrole nitrogens is 1. The van der Waals surface area contributed by atoms with Crippen LogP contribution in [0.2, 0.25) is 5.02 Å². The van der Waals surface area contributed by atoms with E-state index < -0.39 is 17.9 Å². The molecule has 2 aromatic heterocycles. The van der Waals surface area contributed by atoms with Crippen LogP contribution < -0.4 is 11.1 Å². The maximum Gasteiger partial charge on any atom is 0.254 e. The lowest BCUT2D eigenvalue weighted by Crippen LogP contribution is -2.45. The SMILES string of the molecule is NC(=O)[C@@H](Cc1ccc(Cl)cc1)NC(=O)c1cccc2[nH]c(-c3ccncc3)nc12. The summed E-state index contributed by atoms with van der Waals surface area (Å²) >= 11 is 5.90. The summed E-state index contributed by atoms with van der Waals surface area (Å²) in [5, 5.41) is 3.32. The number of rotatable bonds is 6. The molecule has 150 valence electrons. The topological polar surface area (TPSA) is 114 Å². The number of pyridine rings is 1. The Kier molecular flexibility index (Phi) is 5.45. The van der Waals surface area contributed by atoms with Crippen LogP contribution in [0.25, 0.3) is 22.4 Å². The number of fused-ring (bicyclic) bond motifs is 1. The van der Waals surface area contributed by atoms with Crippen LogP contribution in [0.15, 0.2) is 67.0 Å². The van der Waals surface area contributed by atoms with Gasteiger partial charge in [0.25, 0.3) is 5.91 Å². The predicted molar refractivity (Wildman–Crippen MR) is 115 cm³/mol. The zero-order valence-corrected chi connectivity index (χ0v) is 16.6. The normalized spacial score (nSPS) is 11.9. The summed E-state index contributed by atoms with van der Waals surface area (Å²) in [7, 11) is 0. The number of carbonyl (C=O) groups is 2. The minimum atomic E-state index is -0.868. The summed E-state index contributed by atoms with van der Waals surface area (Å²) in [6.07, 6.45) is 3.60. The highest BCUT2D eigenvalue weighted by Gasteiger charge is 2.22. The van der Waals surface area contributed by atoms with Crippen molar-refractivity contribution in [2.24, 2.45) is 5.73 Å². The van der Waals surface area contributed by atoms with Crippen LogP contribution >= 0.6 is 11.6 Å². The molecule has 0 aliphatic heterocycles. The summed E-state index contributed by atoms with van der Waals surface area (Å²) in [6.45, 7) is 0. The van der Waals surface area contributed by atoms with E-state index >= 15 is 0 Å². The maximum atomic E-state index is 13.0. The predicted octanol–water partition coefficient (Wildman–Crippen LogP) is 3.10. The second-order valence-corrected chi connectivity index (χ2v) is 7.22. The standard InChI is InChI=1S/C22H18ClN5O2/c23-15-6-4-13(5-7-15)12-18(20(24)29)27-22(30)16-2-1-3-17-19(16)28-21(26-17)14-8-10-25-11-9-14/h1-11,18H,12H2,(H2,24,29)(H,26,28)(H,27,30)/t18-/m1/s1. The summed E-state index contributed by atoms with van der Waals surface area (Å²) in [5.74, 6) is -0.420. The van der Waals surface area contributed by atoms with Gasteiger partial charge in [-0.05, 0) is 42.0 Å². The average Bonchev–Trinajstić information content (AvgIpc) is 3.19. The number of nitrogens with zero attached hydrogens (tertiary/aromatic N) is 2. The van der Waals surface area contributed by atoms with Gasteiger partial charge in [0.15, 0.2) is 0 Å². The average molecular weight is 420 g/mol. The van der Waals surface area contributed by atoms with Gasteiger partial charge < -0.3 is 16.0 Å². The molecule has 30 heavy (non-hydrogen) atoms. The highest BCUT2D eigenvalue weighted by Crippen LogP contribution is 2.22. The van der Waals surface area contributed by atoms with Gasteiger partial charge in [0.05, 0.1) is 11.1 Å². The molecule has 4 rings (SSSR count). The van der Waals surface area contributed by atoms with Gasteiger partial charge in [0, 0.05) is 29.4 Å². The molecule has 0 saturated heterocycles. The van der Waals surface area contributed by atoms with Gasteiger partial charge in [-0.3, -0.25) is 14.6 Å². The fourth-order valence-corrected chi connectivity index (χ4v) is 3.30. The molecule has 0 radical (unpaired) electrons. The van der Waals surface area contributed by atoms with Crippen LogP contribution in [0.4, 0.5) is 0 Å². The van der Waals surface area contributed by atoms with Crippen molar-refractivity contribution in [3.63, 3.8) is 0 Å². The largest absolute Gasteiger partial charge is 0.368 e. The molecule has 0 spiro atoms. The van der Waals surface area contributed by atoms with E-state index in [1.165, 1.54) is 0 Å². The van der Waals surface area contributed by atoms with E-state index in [1.54, 1.807) is 48.8 Å². The Bertz CT molecular complexity index is 1210. The maximum absolute atomic E-state index is 13.0. The van der Waals surface area contributed by atoms with Gasteiger partial charge in [-0.2, -0.15) is 0 Å². The molecule has 0 aliphatic rings. The lowest BCUT2D eigenvalue weighted by Gasteiger charge is -2.16. The summed E-state index contributed by atoms with van der Waals surface area (Å²) < 4.78 is 0. The second-order valence-electron chi connectivity index (χ2n) is 6.78. The summed E-state index contributed by atoms with van der Waals surface area (Å²) in [5.41, 5.74) is 8.79.